The fraction of sp³-hybridized carbons (Fsp3) is 0.156. The highest BCUT2D eigenvalue weighted by Gasteiger charge is 2.43. The van der Waals surface area contributed by atoms with Gasteiger partial charge in [-0.2, -0.15) is 10.4 Å². The molecule has 6 rings (SSSR count). The number of carbonyl (C=O) groups excluding carboxylic acids is 1. The highest BCUT2D eigenvalue weighted by Crippen LogP contribution is 2.43. The lowest BCUT2D eigenvalue weighted by molar-refractivity contribution is -0.00455. The molecule has 0 bridgehead atoms. The van der Waals surface area contributed by atoms with E-state index in [-0.39, 0.29) is 11.8 Å². The maximum absolute atomic E-state index is 13.5. The summed E-state index contributed by atoms with van der Waals surface area (Å²) in [4.78, 5) is 13.5. The van der Waals surface area contributed by atoms with Crippen molar-refractivity contribution in [3.8, 4) is 11.8 Å². The molecule has 4 aromatic carbocycles. The first-order chi connectivity index (χ1) is 18.7. The second kappa shape index (κ2) is 10.3. The van der Waals surface area contributed by atoms with E-state index in [4.69, 9.17) is 15.1 Å². The third-order valence-electron chi connectivity index (χ3n) is 7.01. The van der Waals surface area contributed by atoms with Gasteiger partial charge in [-0.3, -0.25) is 4.79 Å². The quantitative estimate of drug-likeness (QED) is 0.336. The van der Waals surface area contributed by atoms with Crippen LogP contribution in [0.2, 0.25) is 0 Å². The van der Waals surface area contributed by atoms with E-state index < -0.39 is 6.23 Å². The topological polar surface area (TPSA) is 77.7 Å². The van der Waals surface area contributed by atoms with Crippen LogP contribution < -0.4 is 10.1 Å². The number of nitriles is 1. The van der Waals surface area contributed by atoms with Crippen molar-refractivity contribution in [1.82, 2.24) is 10.3 Å². The average Bonchev–Trinajstić information content (AvgIpc) is 3.43. The van der Waals surface area contributed by atoms with Gasteiger partial charge in [-0.05, 0) is 47.0 Å². The van der Waals surface area contributed by atoms with E-state index in [2.05, 4.69) is 47.8 Å². The molecule has 0 fully saturated rings. The van der Waals surface area contributed by atoms with Gasteiger partial charge in [0.1, 0.15) is 5.75 Å². The number of fused-ring (bicyclic) bond motifs is 3. The maximum atomic E-state index is 13.5. The number of para-hydroxylation sites is 1. The second-order valence-electron chi connectivity index (χ2n) is 9.49. The summed E-state index contributed by atoms with van der Waals surface area (Å²) in [5, 5.41) is 19.3. The van der Waals surface area contributed by atoms with Crippen molar-refractivity contribution in [3.63, 3.8) is 0 Å². The molecule has 0 radical (unpaired) electrons. The first-order valence-corrected chi connectivity index (χ1v) is 12.7. The van der Waals surface area contributed by atoms with E-state index in [0.29, 0.717) is 23.3 Å². The van der Waals surface area contributed by atoms with Gasteiger partial charge in [-0.1, -0.05) is 72.8 Å². The van der Waals surface area contributed by atoms with Crippen molar-refractivity contribution < 1.29 is 9.53 Å². The molecule has 186 valence electrons. The lowest BCUT2D eigenvalue weighted by atomic mass is 9.95. The Bertz CT molecular complexity index is 1520. The Labute approximate surface area is 221 Å². The van der Waals surface area contributed by atoms with Crippen molar-refractivity contribution in [1.29, 1.82) is 5.26 Å². The number of hydrogen-bond acceptors (Lipinski definition) is 6. The fourth-order valence-corrected chi connectivity index (χ4v) is 5.00. The highest BCUT2D eigenvalue weighted by atomic mass is 16.5. The average molecular weight is 499 g/mol. The van der Waals surface area contributed by atoms with Gasteiger partial charge in [0, 0.05) is 30.6 Å². The zero-order valence-corrected chi connectivity index (χ0v) is 20.7. The largest absolute Gasteiger partial charge is 0.461 e. The van der Waals surface area contributed by atoms with Gasteiger partial charge < -0.3 is 10.1 Å². The van der Waals surface area contributed by atoms with Gasteiger partial charge in [0.25, 0.3) is 6.23 Å². The van der Waals surface area contributed by atoms with Crippen molar-refractivity contribution in [3.05, 3.63) is 137 Å². The first kappa shape index (κ1) is 23.7. The Balaban J connectivity index is 1.22. The molecule has 2 heterocycles. The molecule has 0 spiro atoms. The number of Topliss-reactive ketones (excluding diaryl/α,β-unsaturated/α-hetero) is 1. The van der Waals surface area contributed by atoms with E-state index in [9.17, 15) is 4.79 Å². The number of rotatable bonds is 7. The zero-order chi connectivity index (χ0) is 25.9. The Morgan fingerprint density at radius 3 is 2.32 bits per heavy atom. The van der Waals surface area contributed by atoms with E-state index in [0.717, 1.165) is 29.9 Å². The number of hydrazone groups is 1. The number of ketones is 1. The van der Waals surface area contributed by atoms with Crippen LogP contribution in [0.3, 0.4) is 0 Å². The molecule has 0 saturated heterocycles. The standard InChI is InChI=1S/C32H26N4O2/c33-19-22-10-16-26(17-11-22)31(37)32-36-29(27-8-4-5-9-30(27)38-32)18-28(35-36)25-14-12-24(13-15-25)21-34-20-23-6-2-1-3-7-23/h1-17,29,32,34H,18,20-21H2. The van der Waals surface area contributed by atoms with Gasteiger partial charge in [0.2, 0.25) is 5.78 Å². The summed E-state index contributed by atoms with van der Waals surface area (Å²) in [7, 11) is 0. The van der Waals surface area contributed by atoms with Gasteiger partial charge in [0.15, 0.2) is 0 Å². The molecule has 0 saturated carbocycles. The Kier molecular flexibility index (Phi) is 6.43. The molecule has 0 amide bonds. The predicted molar refractivity (Wildman–Crippen MR) is 146 cm³/mol. The Morgan fingerprint density at radius 2 is 1.58 bits per heavy atom. The third kappa shape index (κ3) is 4.68. The van der Waals surface area contributed by atoms with Crippen LogP contribution >= 0.6 is 0 Å². The first-order valence-electron chi connectivity index (χ1n) is 12.7. The predicted octanol–water partition coefficient (Wildman–Crippen LogP) is 5.60. The van der Waals surface area contributed by atoms with Crippen molar-refractivity contribution >= 4 is 11.5 Å². The summed E-state index contributed by atoms with van der Waals surface area (Å²) in [6.07, 6.45) is -0.190. The zero-order valence-electron chi connectivity index (χ0n) is 20.7. The molecule has 0 aromatic heterocycles. The minimum Gasteiger partial charge on any atom is -0.461 e. The van der Waals surface area contributed by atoms with Crippen LogP contribution in [0.1, 0.15) is 50.6 Å². The van der Waals surface area contributed by atoms with Crippen LogP contribution in [-0.2, 0) is 13.1 Å². The molecular formula is C32H26N4O2. The van der Waals surface area contributed by atoms with E-state index in [1.807, 2.05) is 42.5 Å². The van der Waals surface area contributed by atoms with Crippen LogP contribution in [0.25, 0.3) is 0 Å². The molecule has 4 aromatic rings. The highest BCUT2D eigenvalue weighted by molar-refractivity contribution is 6.03. The van der Waals surface area contributed by atoms with Crippen LogP contribution in [0, 0.1) is 11.3 Å². The summed E-state index contributed by atoms with van der Waals surface area (Å²) in [6, 6.07) is 35.3. The molecule has 6 heteroatoms. The summed E-state index contributed by atoms with van der Waals surface area (Å²) < 4.78 is 6.20. The molecule has 2 unspecified atom stereocenters. The molecular weight excluding hydrogens is 472 g/mol. The van der Waals surface area contributed by atoms with E-state index in [1.165, 1.54) is 11.1 Å². The van der Waals surface area contributed by atoms with Gasteiger partial charge in [-0.15, -0.1) is 0 Å². The Hall–Kier alpha value is -4.73. The number of carbonyl (C=O) groups is 1. The maximum Gasteiger partial charge on any atom is 0.251 e. The van der Waals surface area contributed by atoms with Gasteiger partial charge >= 0.3 is 0 Å². The summed E-state index contributed by atoms with van der Waals surface area (Å²) in [5.74, 6) is 0.524. The molecule has 2 atom stereocenters. The van der Waals surface area contributed by atoms with Crippen LogP contribution in [0.15, 0.2) is 108 Å². The number of ether oxygens (including phenoxy) is 1. The second-order valence-corrected chi connectivity index (χ2v) is 9.49. The number of benzene rings is 4. The minimum absolute atomic E-state index is 0.0884. The normalized spacial score (nSPS) is 17.6. The van der Waals surface area contributed by atoms with E-state index in [1.54, 1.807) is 29.3 Å². The van der Waals surface area contributed by atoms with E-state index >= 15 is 0 Å². The van der Waals surface area contributed by atoms with Crippen LogP contribution in [0.4, 0.5) is 0 Å². The molecule has 2 aliphatic rings. The lowest BCUT2D eigenvalue weighted by Crippen LogP contribution is -2.45. The summed E-state index contributed by atoms with van der Waals surface area (Å²) in [5.41, 5.74) is 6.44. The van der Waals surface area contributed by atoms with Crippen molar-refractivity contribution in [2.24, 2.45) is 5.10 Å². The molecule has 38 heavy (non-hydrogen) atoms. The van der Waals surface area contributed by atoms with Crippen LogP contribution in [-0.4, -0.2) is 22.7 Å². The summed E-state index contributed by atoms with van der Waals surface area (Å²) >= 11 is 0. The van der Waals surface area contributed by atoms with Crippen molar-refractivity contribution in [2.45, 2.75) is 31.8 Å². The molecule has 2 aliphatic heterocycles. The SMILES string of the molecule is N#Cc1ccc(C(=O)C2Oc3ccccc3C3CC(c4ccc(CNCc5ccccc5)cc4)=NN23)cc1. The Morgan fingerprint density at radius 1 is 0.895 bits per heavy atom. The van der Waals surface area contributed by atoms with Gasteiger partial charge in [-0.25, -0.2) is 5.01 Å². The number of nitrogens with zero attached hydrogens (tertiary/aromatic N) is 3. The molecule has 0 aliphatic carbocycles. The number of hydrogen-bond donors (Lipinski definition) is 1. The summed E-state index contributed by atoms with van der Waals surface area (Å²) in [6.45, 7) is 1.60. The number of nitrogens with one attached hydrogen (secondary N) is 1. The lowest BCUT2D eigenvalue weighted by Gasteiger charge is -2.37. The fourth-order valence-electron chi connectivity index (χ4n) is 5.00. The van der Waals surface area contributed by atoms with Crippen LogP contribution in [0.5, 0.6) is 5.75 Å². The molecule has 6 nitrogen and oxygen atoms in total. The molecule has 1 N–H and O–H groups in total. The monoisotopic (exact) mass is 498 g/mol. The minimum atomic E-state index is -0.873. The van der Waals surface area contributed by atoms with Gasteiger partial charge in [0.05, 0.1) is 23.4 Å². The van der Waals surface area contributed by atoms with Crippen molar-refractivity contribution in [2.75, 3.05) is 0 Å². The smallest absolute Gasteiger partial charge is 0.251 e. The third-order valence-corrected chi connectivity index (χ3v) is 7.01.